The third-order valence-electron chi connectivity index (χ3n) is 5.73. The van der Waals surface area contributed by atoms with E-state index in [0.29, 0.717) is 5.69 Å². The van der Waals surface area contributed by atoms with E-state index < -0.39 is 24.2 Å². The van der Waals surface area contributed by atoms with Crippen molar-refractivity contribution in [3.05, 3.63) is 76.5 Å². The molecule has 4 rings (SSSR count). The van der Waals surface area contributed by atoms with E-state index in [2.05, 4.69) is 15.7 Å². The maximum Gasteiger partial charge on any atom is 0.410 e. The van der Waals surface area contributed by atoms with Crippen molar-refractivity contribution >= 4 is 17.4 Å². The Balaban J connectivity index is 1.68. The maximum atomic E-state index is 13.8. The number of nitrogens with one attached hydrogen (secondary N) is 2. The number of hydrogen-bond donors (Lipinski definition) is 2. The summed E-state index contributed by atoms with van der Waals surface area (Å²) in [6, 6.07) is 10.4. The number of carbonyl (C=O) groups is 1. The van der Waals surface area contributed by atoms with E-state index in [1.54, 1.807) is 18.2 Å². The SMILES string of the molecule is Cc1ccc(C2CC(C(F)(F)F)n3ncc(C(=O)Nc4ccc(C)c(C)c4)c3N2)cc1. The second kappa shape index (κ2) is 7.76. The molecule has 0 bridgehead atoms. The van der Waals surface area contributed by atoms with Gasteiger partial charge in [-0.05, 0) is 49.6 Å². The number of amides is 1. The fourth-order valence-electron chi connectivity index (χ4n) is 3.76. The molecule has 0 saturated heterocycles. The zero-order valence-electron chi connectivity index (χ0n) is 17.4. The summed E-state index contributed by atoms with van der Waals surface area (Å²) in [4.78, 5) is 12.9. The normalized spacial score (nSPS) is 18.3. The van der Waals surface area contributed by atoms with Crippen LogP contribution in [0.25, 0.3) is 0 Å². The van der Waals surface area contributed by atoms with Crippen molar-refractivity contribution in [2.24, 2.45) is 0 Å². The van der Waals surface area contributed by atoms with Crippen LogP contribution in [0.3, 0.4) is 0 Å². The number of alkyl halides is 3. The molecule has 2 atom stereocenters. The number of nitrogens with zero attached hydrogens (tertiary/aromatic N) is 2. The Kier molecular flexibility index (Phi) is 5.24. The molecule has 2 heterocycles. The van der Waals surface area contributed by atoms with Crippen molar-refractivity contribution in [1.29, 1.82) is 0 Å². The Bertz CT molecular complexity index is 1120. The fourth-order valence-corrected chi connectivity index (χ4v) is 3.76. The highest BCUT2D eigenvalue weighted by molar-refractivity contribution is 6.07. The third kappa shape index (κ3) is 4.15. The van der Waals surface area contributed by atoms with Gasteiger partial charge in [0.05, 0.1) is 12.2 Å². The first-order chi connectivity index (χ1) is 14.6. The number of benzene rings is 2. The van der Waals surface area contributed by atoms with Crippen molar-refractivity contribution in [2.75, 3.05) is 10.6 Å². The van der Waals surface area contributed by atoms with Gasteiger partial charge in [0.15, 0.2) is 6.04 Å². The van der Waals surface area contributed by atoms with Gasteiger partial charge < -0.3 is 10.6 Å². The summed E-state index contributed by atoms with van der Waals surface area (Å²) in [5, 5.41) is 9.79. The van der Waals surface area contributed by atoms with Gasteiger partial charge in [-0.3, -0.25) is 4.79 Å². The summed E-state index contributed by atoms with van der Waals surface area (Å²) >= 11 is 0. The van der Waals surface area contributed by atoms with Crippen LogP contribution in [0.2, 0.25) is 0 Å². The lowest BCUT2D eigenvalue weighted by Gasteiger charge is -2.34. The lowest BCUT2D eigenvalue weighted by Crippen LogP contribution is -2.36. The van der Waals surface area contributed by atoms with E-state index in [1.807, 2.05) is 45.0 Å². The minimum absolute atomic E-state index is 0.0699. The summed E-state index contributed by atoms with van der Waals surface area (Å²) in [6.45, 7) is 5.80. The predicted octanol–water partition coefficient (Wildman–Crippen LogP) is 5.72. The number of aryl methyl sites for hydroxylation is 3. The molecule has 5 nitrogen and oxygen atoms in total. The molecule has 8 heteroatoms. The fraction of sp³-hybridized carbons (Fsp3) is 0.304. The maximum absolute atomic E-state index is 13.8. The molecule has 1 amide bonds. The first-order valence-corrected chi connectivity index (χ1v) is 9.99. The van der Waals surface area contributed by atoms with Gasteiger partial charge in [0.2, 0.25) is 0 Å². The smallest absolute Gasteiger partial charge is 0.363 e. The molecular weight excluding hydrogens is 405 g/mol. The number of hydrogen-bond acceptors (Lipinski definition) is 3. The van der Waals surface area contributed by atoms with Gasteiger partial charge in [-0.1, -0.05) is 35.9 Å². The summed E-state index contributed by atoms with van der Waals surface area (Å²) in [6.07, 6.45) is -3.51. The first kappa shape index (κ1) is 21.0. The van der Waals surface area contributed by atoms with Crippen LogP contribution >= 0.6 is 0 Å². The Hall–Kier alpha value is -3.29. The van der Waals surface area contributed by atoms with Gasteiger partial charge in [-0.2, -0.15) is 18.3 Å². The monoisotopic (exact) mass is 428 g/mol. The van der Waals surface area contributed by atoms with Crippen molar-refractivity contribution in [2.45, 2.75) is 45.5 Å². The van der Waals surface area contributed by atoms with Crippen LogP contribution in [0.5, 0.6) is 0 Å². The van der Waals surface area contributed by atoms with E-state index in [9.17, 15) is 18.0 Å². The standard InChI is InChI=1S/C23H23F3N4O/c1-13-4-7-16(8-5-13)19-11-20(23(24,25)26)30-21(29-19)18(12-27-30)22(31)28-17-9-6-14(2)15(3)10-17/h4-10,12,19-20,29H,11H2,1-3H3,(H,28,31). The van der Waals surface area contributed by atoms with Crippen LogP contribution in [0.1, 0.15) is 51.1 Å². The quantitative estimate of drug-likeness (QED) is 0.561. The molecule has 1 aromatic heterocycles. The highest BCUT2D eigenvalue weighted by Gasteiger charge is 2.47. The van der Waals surface area contributed by atoms with Crippen molar-refractivity contribution < 1.29 is 18.0 Å². The molecule has 1 aliphatic rings. The molecular formula is C23H23F3N4O. The number of rotatable bonds is 3. The second-order valence-electron chi connectivity index (χ2n) is 8.01. The van der Waals surface area contributed by atoms with Gasteiger partial charge in [-0.15, -0.1) is 0 Å². The Morgan fingerprint density at radius 1 is 1.10 bits per heavy atom. The van der Waals surface area contributed by atoms with Crippen molar-refractivity contribution in [1.82, 2.24) is 9.78 Å². The molecule has 2 aromatic carbocycles. The summed E-state index contributed by atoms with van der Waals surface area (Å²) in [7, 11) is 0. The topological polar surface area (TPSA) is 59.0 Å². The largest absolute Gasteiger partial charge is 0.410 e. The summed E-state index contributed by atoms with van der Waals surface area (Å²) in [5.41, 5.74) is 4.48. The van der Waals surface area contributed by atoms with Gasteiger partial charge in [0, 0.05) is 12.1 Å². The molecule has 3 aromatic rings. The molecule has 2 unspecified atom stereocenters. The highest BCUT2D eigenvalue weighted by Crippen LogP contribution is 2.44. The van der Waals surface area contributed by atoms with Crippen LogP contribution in [0.15, 0.2) is 48.7 Å². The molecule has 1 aliphatic heterocycles. The first-order valence-electron chi connectivity index (χ1n) is 9.99. The molecule has 2 N–H and O–H groups in total. The Morgan fingerprint density at radius 3 is 2.45 bits per heavy atom. The van der Waals surface area contributed by atoms with Crippen LogP contribution in [0, 0.1) is 20.8 Å². The molecule has 0 radical (unpaired) electrons. The van der Waals surface area contributed by atoms with Gasteiger partial charge in [-0.25, -0.2) is 4.68 Å². The molecule has 0 aliphatic carbocycles. The van der Waals surface area contributed by atoms with E-state index in [1.165, 1.54) is 6.20 Å². The van der Waals surface area contributed by atoms with Gasteiger partial charge in [0.1, 0.15) is 11.4 Å². The van der Waals surface area contributed by atoms with Crippen LogP contribution in [-0.2, 0) is 0 Å². The van der Waals surface area contributed by atoms with E-state index in [-0.39, 0.29) is 17.8 Å². The molecule has 31 heavy (non-hydrogen) atoms. The van der Waals surface area contributed by atoms with Crippen molar-refractivity contribution in [3.63, 3.8) is 0 Å². The zero-order valence-corrected chi connectivity index (χ0v) is 17.4. The van der Waals surface area contributed by atoms with Crippen molar-refractivity contribution in [3.8, 4) is 0 Å². The highest BCUT2D eigenvalue weighted by atomic mass is 19.4. The summed E-state index contributed by atoms with van der Waals surface area (Å²) < 4.78 is 42.3. The van der Waals surface area contributed by atoms with E-state index in [4.69, 9.17) is 0 Å². The van der Waals surface area contributed by atoms with Gasteiger partial charge in [0.25, 0.3) is 5.91 Å². The Morgan fingerprint density at radius 2 is 1.81 bits per heavy atom. The lowest BCUT2D eigenvalue weighted by molar-refractivity contribution is -0.173. The molecule has 162 valence electrons. The molecule has 0 saturated carbocycles. The average molecular weight is 428 g/mol. The van der Waals surface area contributed by atoms with Crippen LogP contribution in [0.4, 0.5) is 24.7 Å². The second-order valence-corrected chi connectivity index (χ2v) is 8.01. The average Bonchev–Trinajstić information content (AvgIpc) is 3.14. The Labute approximate surface area is 178 Å². The van der Waals surface area contributed by atoms with Crippen LogP contribution < -0.4 is 10.6 Å². The minimum Gasteiger partial charge on any atom is -0.363 e. The summed E-state index contributed by atoms with van der Waals surface area (Å²) in [5.74, 6) is -0.442. The van der Waals surface area contributed by atoms with Gasteiger partial charge >= 0.3 is 6.18 Å². The van der Waals surface area contributed by atoms with Crippen LogP contribution in [-0.4, -0.2) is 21.9 Å². The minimum atomic E-state index is -4.49. The molecule has 0 spiro atoms. The number of aromatic nitrogens is 2. The number of anilines is 2. The third-order valence-corrected chi connectivity index (χ3v) is 5.73. The number of fused-ring (bicyclic) bond motifs is 1. The lowest BCUT2D eigenvalue weighted by atomic mass is 9.96. The number of halogens is 3. The van der Waals surface area contributed by atoms with E-state index in [0.717, 1.165) is 26.9 Å². The number of carbonyl (C=O) groups excluding carboxylic acids is 1. The predicted molar refractivity (Wildman–Crippen MR) is 113 cm³/mol. The molecule has 0 fully saturated rings. The zero-order chi connectivity index (χ0) is 22.3. The van der Waals surface area contributed by atoms with E-state index >= 15 is 0 Å².